The Labute approximate surface area is 76.9 Å². The van der Waals surface area contributed by atoms with Crippen molar-refractivity contribution in [1.29, 1.82) is 0 Å². The van der Waals surface area contributed by atoms with Gasteiger partial charge in [-0.3, -0.25) is 4.79 Å². The highest BCUT2D eigenvalue weighted by Gasteiger charge is 2.37. The lowest BCUT2D eigenvalue weighted by molar-refractivity contribution is -0.152. The summed E-state index contributed by atoms with van der Waals surface area (Å²) in [6.07, 6.45) is -3.12. The third kappa shape index (κ3) is 2.09. The molecular formula is C6H7F2NO3S. The fourth-order valence-corrected chi connectivity index (χ4v) is 2.14. The zero-order valence-electron chi connectivity index (χ0n) is 6.44. The molecule has 0 aliphatic carbocycles. The number of carboxylic acid groups (broad SMARTS) is 1. The molecule has 0 saturated carbocycles. The molecule has 1 fully saturated rings. The first-order chi connectivity index (χ1) is 6.04. The summed E-state index contributed by atoms with van der Waals surface area (Å²) in [6, 6.07) is -1.11. The largest absolute Gasteiger partial charge is 0.480 e. The van der Waals surface area contributed by atoms with Gasteiger partial charge in [0.2, 0.25) is 0 Å². The summed E-state index contributed by atoms with van der Waals surface area (Å²) in [4.78, 5) is 21.9. The van der Waals surface area contributed by atoms with Gasteiger partial charge in [-0.15, -0.1) is 11.8 Å². The number of thioether (sulfide) groups is 1. The van der Waals surface area contributed by atoms with Crippen molar-refractivity contribution >= 4 is 23.6 Å². The Morgan fingerprint density at radius 2 is 2.15 bits per heavy atom. The van der Waals surface area contributed by atoms with E-state index in [0.717, 1.165) is 11.8 Å². The average Bonchev–Trinajstić information content (AvgIpc) is 2.50. The predicted octanol–water partition coefficient (Wildman–Crippen LogP) is 0.238. The molecular weight excluding hydrogens is 204 g/mol. The van der Waals surface area contributed by atoms with Crippen LogP contribution in [-0.2, 0) is 9.59 Å². The molecule has 74 valence electrons. The molecule has 1 amide bonds. The molecule has 1 rings (SSSR count). The van der Waals surface area contributed by atoms with Gasteiger partial charge in [0.25, 0.3) is 5.91 Å². The van der Waals surface area contributed by atoms with Crippen molar-refractivity contribution in [3.63, 3.8) is 0 Å². The highest BCUT2D eigenvalue weighted by atomic mass is 32.2. The van der Waals surface area contributed by atoms with Gasteiger partial charge in [-0.1, -0.05) is 0 Å². The Morgan fingerprint density at radius 3 is 2.62 bits per heavy atom. The summed E-state index contributed by atoms with van der Waals surface area (Å²) < 4.78 is 23.8. The van der Waals surface area contributed by atoms with Crippen molar-refractivity contribution in [2.75, 3.05) is 11.6 Å². The molecule has 1 heterocycles. The van der Waals surface area contributed by atoms with E-state index in [4.69, 9.17) is 5.11 Å². The van der Waals surface area contributed by atoms with Crippen molar-refractivity contribution in [3.05, 3.63) is 0 Å². The summed E-state index contributed by atoms with van der Waals surface area (Å²) in [7, 11) is 0. The van der Waals surface area contributed by atoms with E-state index in [9.17, 15) is 18.4 Å². The van der Waals surface area contributed by atoms with Crippen LogP contribution in [0.1, 0.15) is 0 Å². The first-order valence-corrected chi connectivity index (χ1v) is 4.58. The van der Waals surface area contributed by atoms with Gasteiger partial charge in [0.05, 0.1) is 5.88 Å². The minimum absolute atomic E-state index is 0.0279. The quantitative estimate of drug-likeness (QED) is 0.710. The number of hydrogen-bond acceptors (Lipinski definition) is 3. The van der Waals surface area contributed by atoms with Gasteiger partial charge in [0, 0.05) is 5.75 Å². The second kappa shape index (κ2) is 3.91. The van der Waals surface area contributed by atoms with E-state index in [0.29, 0.717) is 4.90 Å². The molecule has 13 heavy (non-hydrogen) atoms. The molecule has 0 radical (unpaired) electrons. The standard InChI is InChI=1S/C6H7F2NO3S/c7-4(8)5(10)9-2-13-1-3(9)6(11)12/h3-4H,1-2H2,(H,11,12)/t3-/m0/s1. The average molecular weight is 211 g/mol. The van der Waals surface area contributed by atoms with Gasteiger partial charge in [-0.25, -0.2) is 4.79 Å². The minimum atomic E-state index is -3.12. The summed E-state index contributed by atoms with van der Waals surface area (Å²) >= 11 is 1.16. The maximum atomic E-state index is 11.9. The SMILES string of the molecule is O=C(O)[C@@H]1CSCN1C(=O)C(F)F. The van der Waals surface area contributed by atoms with Crippen molar-refractivity contribution in [1.82, 2.24) is 4.90 Å². The molecule has 1 saturated heterocycles. The van der Waals surface area contributed by atoms with Gasteiger partial charge >= 0.3 is 12.4 Å². The van der Waals surface area contributed by atoms with Crippen LogP contribution >= 0.6 is 11.8 Å². The van der Waals surface area contributed by atoms with Crippen LogP contribution in [0, 0.1) is 0 Å². The van der Waals surface area contributed by atoms with Crippen LogP contribution in [0.3, 0.4) is 0 Å². The molecule has 0 bridgehead atoms. The molecule has 0 spiro atoms. The fourth-order valence-electron chi connectivity index (χ4n) is 0.990. The van der Waals surface area contributed by atoms with E-state index in [2.05, 4.69) is 0 Å². The molecule has 0 unspecified atom stereocenters. The monoisotopic (exact) mass is 211 g/mol. The van der Waals surface area contributed by atoms with Gasteiger partial charge in [0.1, 0.15) is 6.04 Å². The summed E-state index contributed by atoms with van der Waals surface area (Å²) in [5.41, 5.74) is 0. The molecule has 1 aliphatic rings. The Balaban J connectivity index is 2.68. The lowest BCUT2D eigenvalue weighted by atomic mass is 10.3. The second-order valence-electron chi connectivity index (χ2n) is 2.46. The Bertz CT molecular complexity index is 236. The van der Waals surface area contributed by atoms with Crippen molar-refractivity contribution < 1.29 is 23.5 Å². The molecule has 0 aromatic heterocycles. The number of halogens is 2. The van der Waals surface area contributed by atoms with Gasteiger partial charge in [0.15, 0.2) is 0 Å². The van der Waals surface area contributed by atoms with Crippen LogP contribution in [0.25, 0.3) is 0 Å². The van der Waals surface area contributed by atoms with E-state index in [1.54, 1.807) is 0 Å². The van der Waals surface area contributed by atoms with Crippen molar-refractivity contribution in [3.8, 4) is 0 Å². The molecule has 1 N–H and O–H groups in total. The van der Waals surface area contributed by atoms with Crippen LogP contribution in [0.2, 0.25) is 0 Å². The van der Waals surface area contributed by atoms with E-state index >= 15 is 0 Å². The molecule has 4 nitrogen and oxygen atoms in total. The number of alkyl halides is 2. The van der Waals surface area contributed by atoms with Crippen LogP contribution < -0.4 is 0 Å². The van der Waals surface area contributed by atoms with E-state index in [-0.39, 0.29) is 11.6 Å². The highest BCUT2D eigenvalue weighted by Crippen LogP contribution is 2.22. The first-order valence-electron chi connectivity index (χ1n) is 3.43. The molecule has 1 atom stereocenters. The highest BCUT2D eigenvalue weighted by molar-refractivity contribution is 7.99. The zero-order chi connectivity index (χ0) is 10.0. The normalized spacial score (nSPS) is 22.4. The molecule has 1 aliphatic heterocycles. The van der Waals surface area contributed by atoms with Gasteiger partial charge in [-0.05, 0) is 0 Å². The lowest BCUT2D eigenvalue weighted by Crippen LogP contribution is -2.44. The second-order valence-corrected chi connectivity index (χ2v) is 3.46. The van der Waals surface area contributed by atoms with Crippen molar-refractivity contribution in [2.24, 2.45) is 0 Å². The smallest absolute Gasteiger partial charge is 0.327 e. The number of hydrogen-bond donors (Lipinski definition) is 1. The topological polar surface area (TPSA) is 57.6 Å². The van der Waals surface area contributed by atoms with E-state index in [1.807, 2.05) is 0 Å². The van der Waals surface area contributed by atoms with Crippen molar-refractivity contribution in [2.45, 2.75) is 12.5 Å². The third-order valence-electron chi connectivity index (χ3n) is 1.64. The van der Waals surface area contributed by atoms with Gasteiger partial charge in [-0.2, -0.15) is 8.78 Å². The predicted molar refractivity (Wildman–Crippen MR) is 41.6 cm³/mol. The van der Waals surface area contributed by atoms with E-state index in [1.165, 1.54) is 0 Å². The Morgan fingerprint density at radius 1 is 1.54 bits per heavy atom. The minimum Gasteiger partial charge on any atom is -0.480 e. The van der Waals surface area contributed by atoms with Crippen LogP contribution in [-0.4, -0.2) is 46.0 Å². The van der Waals surface area contributed by atoms with Crippen LogP contribution in [0.15, 0.2) is 0 Å². The first kappa shape index (κ1) is 10.2. The number of rotatable bonds is 2. The number of carbonyl (C=O) groups is 2. The summed E-state index contributed by atoms with van der Waals surface area (Å²) in [6.45, 7) is 0. The third-order valence-corrected chi connectivity index (χ3v) is 2.65. The number of carboxylic acids is 1. The molecule has 0 aromatic rings. The molecule has 7 heteroatoms. The number of nitrogens with zero attached hydrogens (tertiary/aromatic N) is 1. The zero-order valence-corrected chi connectivity index (χ0v) is 7.26. The molecule has 0 aromatic carbocycles. The van der Waals surface area contributed by atoms with Crippen LogP contribution in [0.4, 0.5) is 8.78 Å². The Hall–Kier alpha value is -0.850. The maximum Gasteiger partial charge on any atom is 0.327 e. The number of amides is 1. The maximum absolute atomic E-state index is 11.9. The summed E-state index contributed by atoms with van der Waals surface area (Å²) in [5.74, 6) is -2.44. The van der Waals surface area contributed by atoms with E-state index < -0.39 is 24.3 Å². The lowest BCUT2D eigenvalue weighted by Gasteiger charge is -2.19. The van der Waals surface area contributed by atoms with Gasteiger partial charge < -0.3 is 10.0 Å². The Kier molecular flexibility index (Phi) is 3.07. The number of aliphatic carboxylic acids is 1. The summed E-state index contributed by atoms with van der Waals surface area (Å²) in [5, 5.41) is 8.56. The number of carbonyl (C=O) groups excluding carboxylic acids is 1. The van der Waals surface area contributed by atoms with Crippen LogP contribution in [0.5, 0.6) is 0 Å². The fraction of sp³-hybridized carbons (Fsp3) is 0.667.